The van der Waals surface area contributed by atoms with Gasteiger partial charge in [0.2, 0.25) is 0 Å². The summed E-state index contributed by atoms with van der Waals surface area (Å²) in [5, 5.41) is 6.18. The Hall–Kier alpha value is -1.76. The maximum absolute atomic E-state index is 3.58. The van der Waals surface area contributed by atoms with Crippen LogP contribution in [0.15, 0.2) is 42.5 Å². The summed E-state index contributed by atoms with van der Waals surface area (Å²) in [5.41, 5.74) is 3.96. The Balaban J connectivity index is 2.28. The summed E-state index contributed by atoms with van der Waals surface area (Å²) in [7, 11) is 0. The topological polar surface area (TPSA) is 12.0 Å². The maximum Gasteiger partial charge on any atom is 0.0505 e. The summed E-state index contributed by atoms with van der Waals surface area (Å²) in [4.78, 5) is 0. The second-order valence-corrected chi connectivity index (χ2v) is 5.42. The highest BCUT2D eigenvalue weighted by molar-refractivity contribution is 5.93. The van der Waals surface area contributed by atoms with E-state index in [4.69, 9.17) is 0 Å². The Morgan fingerprint density at radius 3 is 2.35 bits per heavy atom. The first-order valence-electron chi connectivity index (χ1n) is 6.06. The molecule has 1 N–H and O–H groups in total. The van der Waals surface area contributed by atoms with Crippen LogP contribution in [-0.2, 0) is 0 Å². The van der Waals surface area contributed by atoms with Gasteiger partial charge in [-0.15, -0.1) is 0 Å². The van der Waals surface area contributed by atoms with Gasteiger partial charge >= 0.3 is 0 Å². The van der Waals surface area contributed by atoms with Gasteiger partial charge in [0.25, 0.3) is 0 Å². The van der Waals surface area contributed by atoms with Crippen molar-refractivity contribution in [2.24, 2.45) is 0 Å². The molecule has 0 aromatic heterocycles. The molecular weight excluding hydrogens is 206 g/mol. The smallest absolute Gasteiger partial charge is 0.0505 e. The second-order valence-electron chi connectivity index (χ2n) is 5.42. The van der Waals surface area contributed by atoms with Crippen LogP contribution in [0.25, 0.3) is 16.3 Å². The van der Waals surface area contributed by atoms with Crippen molar-refractivity contribution in [2.45, 2.75) is 26.3 Å². The van der Waals surface area contributed by atoms with Crippen LogP contribution in [0, 0.1) is 0 Å². The van der Waals surface area contributed by atoms with Crippen molar-refractivity contribution < 1.29 is 0 Å². The van der Waals surface area contributed by atoms with Crippen LogP contribution >= 0.6 is 0 Å². The molecule has 0 saturated carbocycles. The van der Waals surface area contributed by atoms with E-state index in [1.807, 2.05) is 0 Å². The predicted molar refractivity (Wildman–Crippen MR) is 75.3 cm³/mol. The molecule has 0 amide bonds. The van der Waals surface area contributed by atoms with Crippen LogP contribution in [0.5, 0.6) is 0 Å². The number of benzene rings is 2. The Labute approximate surface area is 102 Å². The minimum absolute atomic E-state index is 0.0412. The molecule has 0 spiro atoms. The summed E-state index contributed by atoms with van der Waals surface area (Å²) in [6.45, 7) is 6.60. The first-order chi connectivity index (χ1) is 8.05. The number of anilines is 1. The minimum Gasteiger partial charge on any atom is -0.376 e. The van der Waals surface area contributed by atoms with E-state index in [-0.39, 0.29) is 5.54 Å². The number of hydrogen-bond acceptors (Lipinski definition) is 1. The molecule has 0 unspecified atom stereocenters. The van der Waals surface area contributed by atoms with Crippen LogP contribution in [0.1, 0.15) is 26.3 Å². The third kappa shape index (κ3) is 1.72. The zero-order chi connectivity index (χ0) is 12.0. The lowest BCUT2D eigenvalue weighted by Crippen LogP contribution is -2.31. The number of allylic oxidation sites excluding steroid dienone is 1. The summed E-state index contributed by atoms with van der Waals surface area (Å²) in [6.07, 6.45) is 2.30. The fourth-order valence-corrected chi connectivity index (χ4v) is 2.67. The molecule has 17 heavy (non-hydrogen) atoms. The monoisotopic (exact) mass is 223 g/mol. The van der Waals surface area contributed by atoms with Gasteiger partial charge in [0.05, 0.1) is 5.54 Å². The molecule has 0 aliphatic carbocycles. The molecule has 2 aromatic rings. The van der Waals surface area contributed by atoms with Crippen LogP contribution in [0.3, 0.4) is 0 Å². The van der Waals surface area contributed by atoms with E-state index in [1.54, 1.807) is 0 Å². The number of nitrogens with one attached hydrogen (secondary N) is 1. The van der Waals surface area contributed by atoms with Crippen molar-refractivity contribution in [3.05, 3.63) is 48.0 Å². The van der Waals surface area contributed by atoms with Gasteiger partial charge in [-0.25, -0.2) is 0 Å². The highest BCUT2D eigenvalue weighted by Crippen LogP contribution is 2.36. The van der Waals surface area contributed by atoms with E-state index in [1.165, 1.54) is 27.6 Å². The van der Waals surface area contributed by atoms with E-state index in [2.05, 4.69) is 68.6 Å². The highest BCUT2D eigenvalue weighted by atomic mass is 15.0. The third-order valence-electron chi connectivity index (χ3n) is 3.34. The molecule has 0 atom stereocenters. The fraction of sp³-hybridized carbons (Fsp3) is 0.250. The SMILES string of the molecule is CC1=CC(C)(C)Nc2cc3ccccc3cc21. The van der Waals surface area contributed by atoms with Crippen molar-refractivity contribution in [3.8, 4) is 0 Å². The van der Waals surface area contributed by atoms with Gasteiger partial charge in [0.1, 0.15) is 0 Å². The van der Waals surface area contributed by atoms with Crippen LogP contribution < -0.4 is 5.32 Å². The van der Waals surface area contributed by atoms with Gasteiger partial charge in [-0.3, -0.25) is 0 Å². The standard InChI is InChI=1S/C16H17N/c1-11-10-16(2,3)17-15-9-13-7-5-4-6-12(13)8-14(11)15/h4-10,17H,1-3H3. The van der Waals surface area contributed by atoms with Crippen molar-refractivity contribution in [1.82, 2.24) is 0 Å². The quantitative estimate of drug-likeness (QED) is 0.696. The Morgan fingerprint density at radius 2 is 1.65 bits per heavy atom. The van der Waals surface area contributed by atoms with E-state index in [0.717, 1.165) is 0 Å². The van der Waals surface area contributed by atoms with E-state index in [0.29, 0.717) is 0 Å². The van der Waals surface area contributed by atoms with E-state index in [9.17, 15) is 0 Å². The molecule has 2 aromatic carbocycles. The summed E-state index contributed by atoms with van der Waals surface area (Å²) >= 11 is 0. The Kier molecular flexibility index (Phi) is 2.06. The van der Waals surface area contributed by atoms with Crippen molar-refractivity contribution in [3.63, 3.8) is 0 Å². The molecule has 0 radical (unpaired) electrons. The lowest BCUT2D eigenvalue weighted by molar-refractivity contribution is 0.708. The molecule has 0 bridgehead atoms. The third-order valence-corrected chi connectivity index (χ3v) is 3.34. The molecule has 1 nitrogen and oxygen atoms in total. The van der Waals surface area contributed by atoms with Gasteiger partial charge in [-0.05, 0) is 49.2 Å². The number of fused-ring (bicyclic) bond motifs is 2. The van der Waals surface area contributed by atoms with Crippen LogP contribution in [0.4, 0.5) is 5.69 Å². The summed E-state index contributed by atoms with van der Waals surface area (Å²) in [5.74, 6) is 0. The highest BCUT2D eigenvalue weighted by Gasteiger charge is 2.22. The van der Waals surface area contributed by atoms with Crippen molar-refractivity contribution in [2.75, 3.05) is 5.32 Å². The van der Waals surface area contributed by atoms with E-state index >= 15 is 0 Å². The molecular formula is C16H17N. The Morgan fingerprint density at radius 1 is 1.00 bits per heavy atom. The fourth-order valence-electron chi connectivity index (χ4n) is 2.67. The van der Waals surface area contributed by atoms with Gasteiger partial charge in [0, 0.05) is 11.3 Å². The molecule has 0 fully saturated rings. The predicted octanol–water partition coefficient (Wildman–Crippen LogP) is 4.45. The Bertz CT molecular complexity index is 620. The second kappa shape index (κ2) is 3.36. The van der Waals surface area contributed by atoms with Gasteiger partial charge in [0.15, 0.2) is 0 Å². The average Bonchev–Trinajstić information content (AvgIpc) is 2.25. The molecule has 3 rings (SSSR count). The first-order valence-corrected chi connectivity index (χ1v) is 6.06. The maximum atomic E-state index is 3.58. The van der Waals surface area contributed by atoms with Crippen LogP contribution in [0.2, 0.25) is 0 Å². The number of hydrogen-bond donors (Lipinski definition) is 1. The summed E-state index contributed by atoms with van der Waals surface area (Å²) in [6, 6.07) is 13.0. The normalized spacial score (nSPS) is 17.2. The van der Waals surface area contributed by atoms with Gasteiger partial charge < -0.3 is 5.32 Å². The van der Waals surface area contributed by atoms with Gasteiger partial charge in [-0.2, -0.15) is 0 Å². The molecule has 1 aliphatic heterocycles. The average molecular weight is 223 g/mol. The molecule has 86 valence electrons. The molecule has 1 heterocycles. The molecule has 1 heteroatoms. The molecule has 0 saturated heterocycles. The van der Waals surface area contributed by atoms with Crippen molar-refractivity contribution in [1.29, 1.82) is 0 Å². The van der Waals surface area contributed by atoms with Crippen LogP contribution in [-0.4, -0.2) is 5.54 Å². The first kappa shape index (κ1) is 10.4. The zero-order valence-corrected chi connectivity index (χ0v) is 10.5. The minimum atomic E-state index is 0.0412. The largest absolute Gasteiger partial charge is 0.376 e. The van der Waals surface area contributed by atoms with E-state index < -0.39 is 0 Å². The van der Waals surface area contributed by atoms with Crippen molar-refractivity contribution >= 4 is 22.0 Å². The molecule has 1 aliphatic rings. The zero-order valence-electron chi connectivity index (χ0n) is 10.5. The summed E-state index contributed by atoms with van der Waals surface area (Å²) < 4.78 is 0. The lowest BCUT2D eigenvalue weighted by atomic mass is 9.90. The number of rotatable bonds is 0. The van der Waals surface area contributed by atoms with Gasteiger partial charge in [-0.1, -0.05) is 30.3 Å². The lowest BCUT2D eigenvalue weighted by Gasteiger charge is -2.31.